The second-order valence-corrected chi connectivity index (χ2v) is 8.45. The van der Waals surface area contributed by atoms with Crippen molar-refractivity contribution in [3.63, 3.8) is 0 Å². The molecule has 172 valence electrons. The Kier molecular flexibility index (Phi) is 6.41. The van der Waals surface area contributed by atoms with Crippen molar-refractivity contribution in [3.05, 3.63) is 92.9 Å². The van der Waals surface area contributed by atoms with Crippen LogP contribution in [0.3, 0.4) is 0 Å². The molecule has 1 amide bonds. The van der Waals surface area contributed by atoms with Gasteiger partial charge in [0.2, 0.25) is 5.91 Å². The van der Waals surface area contributed by atoms with E-state index < -0.39 is 23.7 Å². The molecule has 4 rings (SSSR count). The highest BCUT2D eigenvalue weighted by atomic mass is 16.2. The number of rotatable bonds is 7. The Hall–Kier alpha value is -4.45. The molecular formula is C25H24N6O3. The molecule has 0 aliphatic carbocycles. The normalized spacial score (nSPS) is 11.0. The predicted molar refractivity (Wildman–Crippen MR) is 128 cm³/mol. The van der Waals surface area contributed by atoms with E-state index in [-0.39, 0.29) is 23.6 Å². The van der Waals surface area contributed by atoms with E-state index in [2.05, 4.69) is 10.3 Å². The minimum Gasteiger partial charge on any atom is -0.324 e. The van der Waals surface area contributed by atoms with E-state index in [4.69, 9.17) is 5.26 Å². The molecule has 0 aliphatic rings. The lowest BCUT2D eigenvalue weighted by Gasteiger charge is -2.13. The van der Waals surface area contributed by atoms with Crippen LogP contribution in [0.5, 0.6) is 0 Å². The Balaban J connectivity index is 1.78. The van der Waals surface area contributed by atoms with E-state index in [0.717, 1.165) is 10.1 Å². The summed E-state index contributed by atoms with van der Waals surface area (Å²) >= 11 is 0. The first kappa shape index (κ1) is 22.7. The molecule has 2 heterocycles. The molecule has 0 bridgehead atoms. The molecule has 4 aromatic rings. The maximum atomic E-state index is 13.4. The summed E-state index contributed by atoms with van der Waals surface area (Å²) in [6, 6.07) is 17.8. The van der Waals surface area contributed by atoms with Crippen LogP contribution >= 0.6 is 0 Å². The monoisotopic (exact) mass is 456 g/mol. The van der Waals surface area contributed by atoms with Crippen molar-refractivity contribution in [2.45, 2.75) is 33.5 Å². The second kappa shape index (κ2) is 9.58. The fraction of sp³-hybridized carbons (Fsp3) is 0.240. The highest BCUT2D eigenvalue weighted by molar-refractivity contribution is 5.90. The lowest BCUT2D eigenvalue weighted by molar-refractivity contribution is -0.116. The summed E-state index contributed by atoms with van der Waals surface area (Å²) in [4.78, 5) is 43.9. The summed E-state index contributed by atoms with van der Waals surface area (Å²) in [5.41, 5.74) is 1.06. The topological polar surface area (TPSA) is 115 Å². The van der Waals surface area contributed by atoms with Crippen LogP contribution in [0.15, 0.2) is 70.5 Å². The van der Waals surface area contributed by atoms with E-state index >= 15 is 0 Å². The molecule has 1 N–H and O–H groups in total. The minimum absolute atomic E-state index is 0.209. The zero-order valence-corrected chi connectivity index (χ0v) is 18.9. The van der Waals surface area contributed by atoms with Gasteiger partial charge in [0.05, 0.1) is 24.5 Å². The molecule has 34 heavy (non-hydrogen) atoms. The molecule has 0 spiro atoms. The van der Waals surface area contributed by atoms with E-state index in [1.54, 1.807) is 29.1 Å². The maximum absolute atomic E-state index is 13.4. The summed E-state index contributed by atoms with van der Waals surface area (Å²) in [7, 11) is 0. The van der Waals surface area contributed by atoms with Crippen LogP contribution in [0.4, 0.5) is 5.69 Å². The molecule has 0 saturated heterocycles. The van der Waals surface area contributed by atoms with E-state index in [1.165, 1.54) is 10.6 Å². The van der Waals surface area contributed by atoms with Crippen LogP contribution in [0.25, 0.3) is 11.2 Å². The van der Waals surface area contributed by atoms with Crippen molar-refractivity contribution >= 4 is 22.8 Å². The number of nitrogens with one attached hydrogen (secondary N) is 1. The van der Waals surface area contributed by atoms with Gasteiger partial charge in [-0.25, -0.2) is 14.3 Å². The van der Waals surface area contributed by atoms with Crippen LogP contribution in [0.1, 0.15) is 25.0 Å². The van der Waals surface area contributed by atoms with Crippen LogP contribution in [0, 0.1) is 17.2 Å². The standard InChI is InChI=1S/C25H24N6O3/c1-17(2)13-29-16-27-23-22(29)24(33)31(25(34)30(23)14-18-7-4-3-5-8-18)15-21(32)28-20-10-6-9-19(11-20)12-26/h3-11,16-17H,13-15H2,1-2H3,(H,28,32). The van der Waals surface area contributed by atoms with Gasteiger partial charge < -0.3 is 9.88 Å². The van der Waals surface area contributed by atoms with Gasteiger partial charge >= 0.3 is 5.69 Å². The Bertz CT molecular complexity index is 1510. The summed E-state index contributed by atoms with van der Waals surface area (Å²) in [6.07, 6.45) is 1.56. The third-order valence-corrected chi connectivity index (χ3v) is 5.31. The van der Waals surface area contributed by atoms with Gasteiger partial charge in [-0.2, -0.15) is 5.26 Å². The van der Waals surface area contributed by atoms with E-state index in [0.29, 0.717) is 17.8 Å². The molecule has 0 atom stereocenters. The lowest BCUT2D eigenvalue weighted by Crippen LogP contribution is -2.43. The van der Waals surface area contributed by atoms with Gasteiger partial charge in [-0.3, -0.25) is 14.2 Å². The Morgan fingerprint density at radius 3 is 2.56 bits per heavy atom. The van der Waals surface area contributed by atoms with Gasteiger partial charge in [-0.15, -0.1) is 0 Å². The molecule has 9 nitrogen and oxygen atoms in total. The molecule has 0 aliphatic heterocycles. The smallest absolute Gasteiger partial charge is 0.324 e. The van der Waals surface area contributed by atoms with Gasteiger partial charge in [0, 0.05) is 12.2 Å². The summed E-state index contributed by atoms with van der Waals surface area (Å²) in [5.74, 6) is -0.301. The van der Waals surface area contributed by atoms with E-state index in [9.17, 15) is 14.4 Å². The summed E-state index contributed by atoms with van der Waals surface area (Å²) < 4.78 is 4.09. The zero-order chi connectivity index (χ0) is 24.2. The molecule has 2 aromatic heterocycles. The van der Waals surface area contributed by atoms with Crippen molar-refractivity contribution < 1.29 is 4.79 Å². The fourth-order valence-corrected chi connectivity index (χ4v) is 3.83. The van der Waals surface area contributed by atoms with Crippen molar-refractivity contribution in [1.29, 1.82) is 5.26 Å². The number of imidazole rings is 1. The number of fused-ring (bicyclic) bond motifs is 1. The van der Waals surface area contributed by atoms with Crippen LogP contribution in [-0.2, 0) is 24.4 Å². The molecule has 0 fully saturated rings. The third-order valence-electron chi connectivity index (χ3n) is 5.31. The number of hydrogen-bond donors (Lipinski definition) is 1. The minimum atomic E-state index is -0.614. The van der Waals surface area contributed by atoms with E-state index in [1.807, 2.05) is 50.2 Å². The van der Waals surface area contributed by atoms with Gasteiger partial charge in [0.1, 0.15) is 6.54 Å². The first-order valence-corrected chi connectivity index (χ1v) is 10.9. The number of carbonyl (C=O) groups is 1. The molecule has 0 radical (unpaired) electrons. The van der Waals surface area contributed by atoms with Crippen molar-refractivity contribution in [3.8, 4) is 6.07 Å². The first-order chi connectivity index (χ1) is 16.4. The predicted octanol–water partition coefficient (Wildman–Crippen LogP) is 2.57. The number of benzene rings is 2. The Morgan fingerprint density at radius 2 is 1.85 bits per heavy atom. The number of hydrogen-bond acceptors (Lipinski definition) is 5. The number of anilines is 1. The average molecular weight is 457 g/mol. The highest BCUT2D eigenvalue weighted by Crippen LogP contribution is 2.13. The molecular weight excluding hydrogens is 432 g/mol. The number of amides is 1. The Morgan fingerprint density at radius 1 is 1.09 bits per heavy atom. The second-order valence-electron chi connectivity index (χ2n) is 8.45. The SMILES string of the molecule is CC(C)Cn1cnc2c1c(=O)n(CC(=O)Nc1cccc(C#N)c1)c(=O)n2Cc1ccccc1. The third kappa shape index (κ3) is 4.66. The van der Waals surface area contributed by atoms with Gasteiger partial charge in [0.25, 0.3) is 5.56 Å². The van der Waals surface area contributed by atoms with Crippen molar-refractivity contribution in [2.24, 2.45) is 5.92 Å². The van der Waals surface area contributed by atoms with Crippen LogP contribution in [-0.4, -0.2) is 24.6 Å². The van der Waals surface area contributed by atoms with Crippen molar-refractivity contribution in [1.82, 2.24) is 18.7 Å². The van der Waals surface area contributed by atoms with Crippen LogP contribution in [0.2, 0.25) is 0 Å². The number of nitriles is 1. The quantitative estimate of drug-likeness (QED) is 0.459. The Labute approximate surface area is 195 Å². The molecule has 2 aromatic carbocycles. The fourth-order valence-electron chi connectivity index (χ4n) is 3.83. The first-order valence-electron chi connectivity index (χ1n) is 10.9. The molecule has 0 unspecified atom stereocenters. The molecule has 0 saturated carbocycles. The summed E-state index contributed by atoms with van der Waals surface area (Å²) in [5, 5.41) is 11.7. The van der Waals surface area contributed by atoms with Crippen molar-refractivity contribution in [2.75, 3.05) is 5.32 Å². The lowest BCUT2D eigenvalue weighted by atomic mass is 10.2. The average Bonchev–Trinajstić information content (AvgIpc) is 3.23. The highest BCUT2D eigenvalue weighted by Gasteiger charge is 2.20. The maximum Gasteiger partial charge on any atom is 0.333 e. The van der Waals surface area contributed by atoms with Gasteiger partial charge in [0.15, 0.2) is 11.2 Å². The largest absolute Gasteiger partial charge is 0.333 e. The number of carbonyl (C=O) groups excluding carboxylic acids is 1. The number of nitrogens with zero attached hydrogens (tertiary/aromatic N) is 5. The van der Waals surface area contributed by atoms with Crippen LogP contribution < -0.4 is 16.6 Å². The zero-order valence-electron chi connectivity index (χ0n) is 18.9. The van der Waals surface area contributed by atoms with Gasteiger partial charge in [-0.05, 0) is 29.7 Å². The summed E-state index contributed by atoms with van der Waals surface area (Å²) in [6.45, 7) is 4.33. The molecule has 9 heteroatoms. The van der Waals surface area contributed by atoms with Gasteiger partial charge in [-0.1, -0.05) is 50.2 Å². The number of aromatic nitrogens is 4.